The average Bonchev–Trinajstić information content (AvgIpc) is 2.25. The van der Waals surface area contributed by atoms with Crippen molar-refractivity contribution >= 4 is 11.6 Å². The van der Waals surface area contributed by atoms with Crippen molar-refractivity contribution < 1.29 is 9.90 Å². The van der Waals surface area contributed by atoms with Gasteiger partial charge in [-0.05, 0) is 45.0 Å². The summed E-state index contributed by atoms with van der Waals surface area (Å²) in [7, 11) is 1.72. The van der Waals surface area contributed by atoms with Crippen molar-refractivity contribution in [3.8, 4) is 5.75 Å². The van der Waals surface area contributed by atoms with E-state index in [1.807, 2.05) is 20.8 Å². The van der Waals surface area contributed by atoms with Gasteiger partial charge in [0.2, 0.25) is 5.91 Å². The fraction of sp³-hybridized carbons (Fsp3) is 0.462. The van der Waals surface area contributed by atoms with Gasteiger partial charge in [0, 0.05) is 18.3 Å². The van der Waals surface area contributed by atoms with E-state index in [1.54, 1.807) is 36.2 Å². The highest BCUT2D eigenvalue weighted by Gasteiger charge is 2.15. The predicted octanol–water partition coefficient (Wildman–Crippen LogP) is 1.74. The molecule has 0 fully saturated rings. The minimum Gasteiger partial charge on any atom is -0.508 e. The number of amides is 1. The van der Waals surface area contributed by atoms with E-state index in [0.29, 0.717) is 6.54 Å². The number of nitrogens with one attached hydrogen (secondary N) is 1. The maximum absolute atomic E-state index is 11.9. The van der Waals surface area contributed by atoms with Crippen LogP contribution in [0.3, 0.4) is 0 Å². The Bertz CT molecular complexity index is 379. The SMILES string of the molecule is CN(C(=O)CNC(C)(C)C)c1ccc(O)cc1. The molecule has 94 valence electrons. The standard InChI is InChI=1S/C13H20N2O2/c1-13(2,3)14-9-12(17)15(4)10-5-7-11(16)8-6-10/h5-8,14,16H,9H2,1-4H3. The van der Waals surface area contributed by atoms with Gasteiger partial charge in [0.15, 0.2) is 0 Å². The first-order valence-corrected chi connectivity index (χ1v) is 5.60. The lowest BCUT2D eigenvalue weighted by Crippen LogP contribution is -2.43. The first kappa shape index (κ1) is 13.5. The molecule has 1 rings (SSSR count). The van der Waals surface area contributed by atoms with Gasteiger partial charge in [-0.25, -0.2) is 0 Å². The van der Waals surface area contributed by atoms with Crippen molar-refractivity contribution in [1.29, 1.82) is 0 Å². The zero-order valence-corrected chi connectivity index (χ0v) is 10.8. The third kappa shape index (κ3) is 4.44. The molecule has 2 N–H and O–H groups in total. The number of carbonyl (C=O) groups is 1. The van der Waals surface area contributed by atoms with Gasteiger partial charge >= 0.3 is 0 Å². The molecule has 4 heteroatoms. The summed E-state index contributed by atoms with van der Waals surface area (Å²) in [6, 6.07) is 6.56. The van der Waals surface area contributed by atoms with E-state index < -0.39 is 0 Å². The summed E-state index contributed by atoms with van der Waals surface area (Å²) in [5, 5.41) is 12.3. The number of benzene rings is 1. The number of nitrogens with zero attached hydrogens (tertiary/aromatic N) is 1. The van der Waals surface area contributed by atoms with Crippen LogP contribution in [0.15, 0.2) is 24.3 Å². The number of hydrogen-bond acceptors (Lipinski definition) is 3. The second-order valence-electron chi connectivity index (χ2n) is 5.07. The van der Waals surface area contributed by atoms with Gasteiger partial charge < -0.3 is 15.3 Å². The van der Waals surface area contributed by atoms with Crippen LogP contribution in [0.25, 0.3) is 0 Å². The number of likely N-dealkylation sites (N-methyl/N-ethyl adjacent to an activating group) is 1. The number of rotatable bonds is 3. The van der Waals surface area contributed by atoms with E-state index >= 15 is 0 Å². The molecule has 0 bridgehead atoms. The largest absolute Gasteiger partial charge is 0.508 e. The highest BCUT2D eigenvalue weighted by molar-refractivity contribution is 5.94. The fourth-order valence-corrected chi connectivity index (χ4v) is 1.28. The number of aromatic hydroxyl groups is 1. The van der Waals surface area contributed by atoms with Gasteiger partial charge in [0.05, 0.1) is 6.54 Å². The van der Waals surface area contributed by atoms with Crippen LogP contribution in [0.5, 0.6) is 5.75 Å². The monoisotopic (exact) mass is 236 g/mol. The van der Waals surface area contributed by atoms with Gasteiger partial charge in [0.1, 0.15) is 5.75 Å². The number of anilines is 1. The topological polar surface area (TPSA) is 52.6 Å². The van der Waals surface area contributed by atoms with Crippen LogP contribution in [0.2, 0.25) is 0 Å². The van der Waals surface area contributed by atoms with E-state index in [4.69, 9.17) is 0 Å². The van der Waals surface area contributed by atoms with E-state index in [0.717, 1.165) is 5.69 Å². The molecule has 1 aromatic rings. The molecular formula is C13H20N2O2. The normalized spacial score (nSPS) is 11.3. The first-order valence-electron chi connectivity index (χ1n) is 5.60. The maximum Gasteiger partial charge on any atom is 0.240 e. The Labute approximate surface area is 102 Å². The van der Waals surface area contributed by atoms with Gasteiger partial charge in [0.25, 0.3) is 0 Å². The van der Waals surface area contributed by atoms with E-state index in [-0.39, 0.29) is 17.2 Å². The van der Waals surface area contributed by atoms with E-state index in [1.165, 1.54) is 0 Å². The van der Waals surface area contributed by atoms with Crippen molar-refractivity contribution in [1.82, 2.24) is 5.32 Å². The molecule has 0 atom stereocenters. The van der Waals surface area contributed by atoms with Crippen LogP contribution >= 0.6 is 0 Å². The average molecular weight is 236 g/mol. The Kier molecular flexibility index (Phi) is 4.12. The van der Waals surface area contributed by atoms with Crippen molar-refractivity contribution in [2.45, 2.75) is 26.3 Å². The Morgan fingerprint density at radius 1 is 1.29 bits per heavy atom. The second-order valence-corrected chi connectivity index (χ2v) is 5.07. The summed E-state index contributed by atoms with van der Waals surface area (Å²) in [4.78, 5) is 13.4. The van der Waals surface area contributed by atoms with Crippen LogP contribution < -0.4 is 10.2 Å². The molecule has 1 aromatic carbocycles. The molecule has 0 aliphatic rings. The highest BCUT2D eigenvalue weighted by Crippen LogP contribution is 2.17. The number of hydrogen-bond donors (Lipinski definition) is 2. The van der Waals surface area contributed by atoms with Gasteiger partial charge in [-0.2, -0.15) is 0 Å². The highest BCUT2D eigenvalue weighted by atomic mass is 16.3. The summed E-state index contributed by atoms with van der Waals surface area (Å²) in [5.41, 5.74) is 0.689. The lowest BCUT2D eigenvalue weighted by atomic mass is 10.1. The quantitative estimate of drug-likeness (QED) is 0.840. The molecular weight excluding hydrogens is 216 g/mol. The molecule has 17 heavy (non-hydrogen) atoms. The molecule has 1 amide bonds. The zero-order chi connectivity index (χ0) is 13.1. The molecule has 0 saturated carbocycles. The first-order chi connectivity index (χ1) is 7.79. The van der Waals surface area contributed by atoms with Crippen molar-refractivity contribution in [2.24, 2.45) is 0 Å². The zero-order valence-electron chi connectivity index (χ0n) is 10.8. The lowest BCUT2D eigenvalue weighted by molar-refractivity contribution is -0.117. The van der Waals surface area contributed by atoms with Crippen molar-refractivity contribution in [3.63, 3.8) is 0 Å². The van der Waals surface area contributed by atoms with Crippen LogP contribution in [0.1, 0.15) is 20.8 Å². The summed E-state index contributed by atoms with van der Waals surface area (Å²) in [6.45, 7) is 6.34. The van der Waals surface area contributed by atoms with Crippen LogP contribution in [0, 0.1) is 0 Å². The van der Waals surface area contributed by atoms with Gasteiger partial charge in [-0.15, -0.1) is 0 Å². The molecule has 0 aliphatic carbocycles. The van der Waals surface area contributed by atoms with Crippen LogP contribution in [-0.2, 0) is 4.79 Å². The minimum absolute atomic E-state index is 0.00869. The van der Waals surface area contributed by atoms with Crippen molar-refractivity contribution in [3.05, 3.63) is 24.3 Å². The Balaban J connectivity index is 2.61. The molecule has 0 heterocycles. The molecule has 0 spiro atoms. The summed E-state index contributed by atoms with van der Waals surface area (Å²) in [5.74, 6) is 0.188. The molecule has 0 saturated heterocycles. The Hall–Kier alpha value is -1.55. The maximum atomic E-state index is 11.9. The third-order valence-electron chi connectivity index (χ3n) is 2.38. The summed E-state index contributed by atoms with van der Waals surface area (Å²) >= 11 is 0. The Morgan fingerprint density at radius 2 is 1.82 bits per heavy atom. The second kappa shape index (κ2) is 5.19. The smallest absolute Gasteiger partial charge is 0.240 e. The fourth-order valence-electron chi connectivity index (χ4n) is 1.28. The van der Waals surface area contributed by atoms with Gasteiger partial charge in [-0.1, -0.05) is 0 Å². The predicted molar refractivity (Wildman–Crippen MR) is 69.3 cm³/mol. The van der Waals surface area contributed by atoms with E-state index in [9.17, 15) is 9.90 Å². The molecule has 0 radical (unpaired) electrons. The number of phenols is 1. The molecule has 0 aliphatic heterocycles. The summed E-state index contributed by atoms with van der Waals surface area (Å²) in [6.07, 6.45) is 0. The molecule has 0 aromatic heterocycles. The van der Waals surface area contributed by atoms with Crippen molar-refractivity contribution in [2.75, 3.05) is 18.5 Å². The van der Waals surface area contributed by atoms with Crippen LogP contribution in [0.4, 0.5) is 5.69 Å². The number of phenolic OH excluding ortho intramolecular Hbond substituents is 1. The third-order valence-corrected chi connectivity index (χ3v) is 2.38. The number of carbonyl (C=O) groups excluding carboxylic acids is 1. The van der Waals surface area contributed by atoms with Crippen LogP contribution in [-0.4, -0.2) is 30.1 Å². The summed E-state index contributed by atoms with van der Waals surface area (Å²) < 4.78 is 0. The lowest BCUT2D eigenvalue weighted by Gasteiger charge is -2.23. The molecule has 4 nitrogen and oxygen atoms in total. The van der Waals surface area contributed by atoms with Gasteiger partial charge in [-0.3, -0.25) is 4.79 Å². The molecule has 0 unspecified atom stereocenters. The van der Waals surface area contributed by atoms with E-state index in [2.05, 4.69) is 5.32 Å². The minimum atomic E-state index is -0.0779. The Morgan fingerprint density at radius 3 is 2.29 bits per heavy atom.